The van der Waals surface area contributed by atoms with Crippen molar-refractivity contribution in [3.8, 4) is 0 Å². The Hall–Kier alpha value is -4.99. The van der Waals surface area contributed by atoms with Crippen LogP contribution in [0.4, 0.5) is 16.2 Å². The van der Waals surface area contributed by atoms with Crippen LogP contribution in [0.25, 0.3) is 6.08 Å². The SMILES string of the molecule is CCCN(CCC)C(=O)C1=Cc2ccc(C(=O)Nc3cnc4c(c3)CC(N(Cc3ccccc3)C(=O)O)C4)cc2N=C(N)C1. The van der Waals surface area contributed by atoms with Gasteiger partial charge in [0.2, 0.25) is 5.91 Å². The zero-order chi connectivity index (χ0) is 31.2. The molecule has 0 spiro atoms. The molecule has 44 heavy (non-hydrogen) atoms. The highest BCUT2D eigenvalue weighted by Crippen LogP contribution is 2.30. The average Bonchev–Trinajstić information content (AvgIpc) is 3.34. The van der Waals surface area contributed by atoms with E-state index in [9.17, 15) is 19.5 Å². The molecule has 1 aliphatic carbocycles. The molecule has 4 N–H and O–H groups in total. The molecule has 228 valence electrons. The number of carbonyl (C=O) groups is 3. The van der Waals surface area contributed by atoms with Gasteiger partial charge in [0, 0.05) is 60.9 Å². The van der Waals surface area contributed by atoms with E-state index in [1.54, 1.807) is 24.4 Å². The first-order valence-electron chi connectivity index (χ1n) is 15.0. The third kappa shape index (κ3) is 6.96. The van der Waals surface area contributed by atoms with Crippen molar-refractivity contribution in [3.05, 3.63) is 94.3 Å². The highest BCUT2D eigenvalue weighted by Gasteiger charge is 2.31. The fourth-order valence-electron chi connectivity index (χ4n) is 5.80. The first-order chi connectivity index (χ1) is 21.2. The second-order valence-electron chi connectivity index (χ2n) is 11.3. The van der Waals surface area contributed by atoms with Crippen molar-refractivity contribution in [2.45, 2.75) is 58.5 Å². The second kappa shape index (κ2) is 13.5. The number of pyridine rings is 1. The number of amides is 3. The van der Waals surface area contributed by atoms with Crippen molar-refractivity contribution in [1.29, 1.82) is 0 Å². The van der Waals surface area contributed by atoms with Crippen LogP contribution in [0.1, 0.15) is 65.9 Å². The number of hydrogen-bond acceptors (Lipinski definition) is 6. The first kappa shape index (κ1) is 30.5. The van der Waals surface area contributed by atoms with Crippen LogP contribution in [-0.2, 0) is 24.2 Å². The Bertz CT molecular complexity index is 1610. The Morgan fingerprint density at radius 1 is 1.02 bits per heavy atom. The number of fused-ring (bicyclic) bond motifs is 2. The Morgan fingerprint density at radius 3 is 2.48 bits per heavy atom. The number of nitrogens with one attached hydrogen (secondary N) is 1. The molecule has 2 aromatic carbocycles. The standard InChI is InChI=1S/C34H38N6O4/c1-3-12-39(13-4-2)33(42)26-14-23-10-11-24(17-30(23)38-31(35)18-26)32(41)37-27-15-25-16-28(19-29(25)36-20-27)40(34(43)44)21-22-8-6-5-7-9-22/h5-11,14-15,17,20,28H,3-4,12-13,16,18-19,21H2,1-2H3,(H2,35,38)(H,37,41)(H,43,44). The zero-order valence-electron chi connectivity index (χ0n) is 25.1. The number of carbonyl (C=O) groups excluding carboxylic acids is 2. The van der Waals surface area contributed by atoms with Crippen LogP contribution in [-0.4, -0.2) is 62.8 Å². The third-order valence-corrected chi connectivity index (χ3v) is 7.89. The number of rotatable bonds is 10. The van der Waals surface area contributed by atoms with Gasteiger partial charge in [0.15, 0.2) is 0 Å². The van der Waals surface area contributed by atoms with Crippen molar-refractivity contribution < 1.29 is 19.5 Å². The summed E-state index contributed by atoms with van der Waals surface area (Å²) < 4.78 is 0. The minimum absolute atomic E-state index is 0.0422. The van der Waals surface area contributed by atoms with Crippen molar-refractivity contribution in [2.75, 3.05) is 18.4 Å². The molecule has 1 aliphatic heterocycles. The first-order valence-corrected chi connectivity index (χ1v) is 15.0. The number of carboxylic acid groups (broad SMARTS) is 1. The third-order valence-electron chi connectivity index (χ3n) is 7.89. The molecule has 10 nitrogen and oxygen atoms in total. The Morgan fingerprint density at radius 2 is 1.77 bits per heavy atom. The van der Waals surface area contributed by atoms with Gasteiger partial charge in [0.05, 0.1) is 17.6 Å². The number of nitrogens with zero attached hydrogens (tertiary/aromatic N) is 4. The maximum atomic E-state index is 13.3. The molecular formula is C34H38N6O4. The molecule has 3 amide bonds. The number of amidine groups is 1. The lowest BCUT2D eigenvalue weighted by atomic mass is 10.0. The molecule has 2 heterocycles. The quantitative estimate of drug-likeness (QED) is 0.287. The Kier molecular flexibility index (Phi) is 9.38. The van der Waals surface area contributed by atoms with Gasteiger partial charge < -0.3 is 26.0 Å². The smallest absolute Gasteiger partial charge is 0.407 e. The van der Waals surface area contributed by atoms with Gasteiger partial charge in [0.25, 0.3) is 5.91 Å². The summed E-state index contributed by atoms with van der Waals surface area (Å²) in [5, 5.41) is 12.8. The summed E-state index contributed by atoms with van der Waals surface area (Å²) in [4.78, 5) is 51.0. The normalized spacial score (nSPS) is 15.3. The van der Waals surface area contributed by atoms with E-state index in [0.29, 0.717) is 60.8 Å². The number of aliphatic imine (C=N–C) groups is 1. The monoisotopic (exact) mass is 594 g/mol. The molecule has 1 aromatic heterocycles. The minimum Gasteiger partial charge on any atom is -0.465 e. The maximum absolute atomic E-state index is 13.3. The van der Waals surface area contributed by atoms with Crippen molar-refractivity contribution >= 4 is 41.2 Å². The molecule has 5 rings (SSSR count). The molecule has 2 aliphatic rings. The summed E-state index contributed by atoms with van der Waals surface area (Å²) in [5.74, 6) is -0.0657. The fourth-order valence-corrected chi connectivity index (χ4v) is 5.80. The molecule has 0 fully saturated rings. The van der Waals surface area contributed by atoms with Crippen LogP contribution >= 0.6 is 0 Å². The van der Waals surface area contributed by atoms with Crippen LogP contribution in [0.3, 0.4) is 0 Å². The minimum atomic E-state index is -0.975. The molecule has 0 bridgehead atoms. The predicted molar refractivity (Wildman–Crippen MR) is 171 cm³/mol. The van der Waals surface area contributed by atoms with Crippen LogP contribution < -0.4 is 11.1 Å². The summed E-state index contributed by atoms with van der Waals surface area (Å²) in [6, 6.07) is 16.3. The topological polar surface area (TPSA) is 141 Å². The van der Waals surface area contributed by atoms with Crippen molar-refractivity contribution in [1.82, 2.24) is 14.8 Å². The second-order valence-corrected chi connectivity index (χ2v) is 11.3. The van der Waals surface area contributed by atoms with Crippen LogP contribution in [0, 0.1) is 0 Å². The lowest BCUT2D eigenvalue weighted by Crippen LogP contribution is -2.39. The van der Waals surface area contributed by atoms with E-state index in [1.165, 1.54) is 4.90 Å². The maximum Gasteiger partial charge on any atom is 0.407 e. The summed E-state index contributed by atoms with van der Waals surface area (Å²) >= 11 is 0. The van der Waals surface area contributed by atoms with E-state index in [2.05, 4.69) is 15.3 Å². The molecular weight excluding hydrogens is 556 g/mol. The zero-order valence-corrected chi connectivity index (χ0v) is 25.1. The average molecular weight is 595 g/mol. The predicted octanol–water partition coefficient (Wildman–Crippen LogP) is 5.41. The van der Waals surface area contributed by atoms with Crippen LogP contribution in [0.15, 0.2) is 71.4 Å². The van der Waals surface area contributed by atoms with Crippen LogP contribution in [0.2, 0.25) is 0 Å². The van der Waals surface area contributed by atoms with Gasteiger partial charge in [-0.3, -0.25) is 14.6 Å². The Balaban J connectivity index is 1.29. The summed E-state index contributed by atoms with van der Waals surface area (Å²) in [5.41, 5.74) is 11.6. The van der Waals surface area contributed by atoms with E-state index in [-0.39, 0.29) is 24.3 Å². The number of anilines is 1. The van der Waals surface area contributed by atoms with E-state index in [4.69, 9.17) is 5.73 Å². The summed E-state index contributed by atoms with van der Waals surface area (Å²) in [6.07, 6.45) is 5.45. The number of nitrogens with two attached hydrogens (primary N) is 1. The van der Waals surface area contributed by atoms with Gasteiger partial charge in [-0.2, -0.15) is 0 Å². The van der Waals surface area contributed by atoms with Gasteiger partial charge >= 0.3 is 6.09 Å². The number of benzene rings is 2. The van der Waals surface area contributed by atoms with Gasteiger partial charge in [-0.15, -0.1) is 0 Å². The fraction of sp³-hybridized carbons (Fsp3) is 0.324. The van der Waals surface area contributed by atoms with E-state index in [0.717, 1.165) is 35.2 Å². The Labute approximate surface area is 257 Å². The van der Waals surface area contributed by atoms with Gasteiger partial charge in [-0.1, -0.05) is 50.2 Å². The highest BCUT2D eigenvalue weighted by molar-refractivity contribution is 6.08. The molecule has 0 saturated carbocycles. The number of hydrogen-bond donors (Lipinski definition) is 3. The van der Waals surface area contributed by atoms with Gasteiger partial charge in [-0.25, -0.2) is 9.79 Å². The lowest BCUT2D eigenvalue weighted by Gasteiger charge is -2.25. The molecule has 1 atom stereocenters. The van der Waals surface area contributed by atoms with Crippen molar-refractivity contribution in [2.24, 2.45) is 10.7 Å². The molecule has 1 unspecified atom stereocenters. The van der Waals surface area contributed by atoms with Gasteiger partial charge in [-0.05, 0) is 54.7 Å². The summed E-state index contributed by atoms with van der Waals surface area (Å²) in [7, 11) is 0. The molecule has 3 aromatic rings. The van der Waals surface area contributed by atoms with Gasteiger partial charge in [0.1, 0.15) is 5.84 Å². The summed E-state index contributed by atoms with van der Waals surface area (Å²) in [6.45, 7) is 5.74. The lowest BCUT2D eigenvalue weighted by molar-refractivity contribution is -0.127. The van der Waals surface area contributed by atoms with E-state index >= 15 is 0 Å². The highest BCUT2D eigenvalue weighted by atomic mass is 16.4. The molecule has 0 saturated heterocycles. The molecule has 10 heteroatoms. The van der Waals surface area contributed by atoms with E-state index in [1.807, 2.05) is 61.2 Å². The number of aromatic nitrogens is 1. The van der Waals surface area contributed by atoms with Crippen molar-refractivity contribution in [3.63, 3.8) is 0 Å². The molecule has 0 radical (unpaired) electrons. The van der Waals surface area contributed by atoms with E-state index < -0.39 is 6.09 Å². The van der Waals surface area contributed by atoms with Crippen LogP contribution in [0.5, 0.6) is 0 Å². The largest absolute Gasteiger partial charge is 0.465 e.